The molecule has 4 atom stereocenters. The molecule has 2 N–H and O–H groups in total. The Hall–Kier alpha value is -1.48. The normalized spacial score (nSPS) is 28.8. The summed E-state index contributed by atoms with van der Waals surface area (Å²) < 4.78 is 59.9. The molecule has 1 aliphatic heterocycles. The van der Waals surface area contributed by atoms with Crippen molar-refractivity contribution in [3.63, 3.8) is 0 Å². The predicted octanol–water partition coefficient (Wildman–Crippen LogP) is 3.72. The van der Waals surface area contributed by atoms with Crippen molar-refractivity contribution in [3.05, 3.63) is 53.6 Å². The lowest BCUT2D eigenvalue weighted by Gasteiger charge is -2.32. The molecule has 0 aromatic heterocycles. The van der Waals surface area contributed by atoms with E-state index < -0.39 is 29.3 Å². The van der Waals surface area contributed by atoms with Crippen LogP contribution < -0.4 is 5.43 Å². The van der Waals surface area contributed by atoms with Crippen LogP contribution in [0.1, 0.15) is 31.4 Å². The van der Waals surface area contributed by atoms with Crippen LogP contribution in [-0.4, -0.2) is 32.0 Å². The molecule has 1 aromatic rings. The maximum Gasteiger partial charge on any atom is 0.405 e. The number of allylic oxidation sites excluding steroid dienone is 2. The van der Waals surface area contributed by atoms with Crippen molar-refractivity contribution in [1.82, 2.24) is 10.4 Å². The molecule has 1 saturated heterocycles. The van der Waals surface area contributed by atoms with Crippen LogP contribution >= 0.6 is 0 Å². The van der Waals surface area contributed by atoms with E-state index in [1.165, 1.54) is 12.1 Å². The van der Waals surface area contributed by atoms with E-state index in [0.717, 1.165) is 5.57 Å². The molecule has 8 heteroatoms. The Labute approximate surface area is 146 Å². The summed E-state index contributed by atoms with van der Waals surface area (Å²) in [5.74, 6) is 0. The van der Waals surface area contributed by atoms with Gasteiger partial charge in [-0.3, -0.25) is 0 Å². The number of rotatable bonds is 3. The Balaban J connectivity index is 1.87. The number of hydrazine groups is 1. The zero-order valence-electron chi connectivity index (χ0n) is 13.5. The summed E-state index contributed by atoms with van der Waals surface area (Å²) in [4.78, 5) is 0.227. The highest BCUT2D eigenvalue weighted by Gasteiger charge is 2.49. The first-order valence-corrected chi connectivity index (χ1v) is 9.03. The molecule has 4 nitrogen and oxygen atoms in total. The van der Waals surface area contributed by atoms with Gasteiger partial charge in [0, 0.05) is 6.04 Å². The summed E-state index contributed by atoms with van der Waals surface area (Å²) in [7, 11) is 0. The highest BCUT2D eigenvalue weighted by molar-refractivity contribution is 7.79. The van der Waals surface area contributed by atoms with Gasteiger partial charge in [0.25, 0.3) is 0 Å². The minimum atomic E-state index is -4.33. The van der Waals surface area contributed by atoms with Crippen molar-refractivity contribution >= 4 is 11.1 Å². The fourth-order valence-electron chi connectivity index (χ4n) is 3.22. The van der Waals surface area contributed by atoms with Gasteiger partial charge in [-0.05, 0) is 37.5 Å². The van der Waals surface area contributed by atoms with Crippen molar-refractivity contribution in [2.75, 3.05) is 0 Å². The summed E-state index contributed by atoms with van der Waals surface area (Å²) in [6.45, 7) is 1.95. The van der Waals surface area contributed by atoms with Crippen LogP contribution in [0, 0.1) is 0 Å². The fraction of sp³-hybridized carbons (Fsp3) is 0.412. The second kappa shape index (κ2) is 7.03. The van der Waals surface area contributed by atoms with Crippen molar-refractivity contribution < 1.29 is 21.9 Å². The molecular formula is C17H19F3N2O2S. The van der Waals surface area contributed by atoms with E-state index in [1.54, 1.807) is 17.1 Å². The highest BCUT2D eigenvalue weighted by atomic mass is 32.2. The van der Waals surface area contributed by atoms with Crippen LogP contribution in [0.2, 0.25) is 0 Å². The van der Waals surface area contributed by atoms with E-state index in [2.05, 4.69) is 5.43 Å². The van der Waals surface area contributed by atoms with Gasteiger partial charge in [0.1, 0.15) is 6.04 Å². The summed E-state index contributed by atoms with van der Waals surface area (Å²) in [5.41, 5.74) is 4.40. The standard InChI is InChI=1S/C17H19F3N2O2S/c1-11-2-6-13(7-3-11)22-15(10-16(21-22)17(18,19)20)12-4-8-14(9-5-12)25(23)24/h2-6,8-9,13,15-16,21H,7,10H2,1H3,(H,23,24). The molecule has 1 aromatic carbocycles. The molecule has 3 rings (SSSR count). The van der Waals surface area contributed by atoms with Gasteiger partial charge in [-0.15, -0.1) is 0 Å². The van der Waals surface area contributed by atoms with E-state index >= 15 is 0 Å². The number of hydrogen-bond acceptors (Lipinski definition) is 3. The highest BCUT2D eigenvalue weighted by Crippen LogP contribution is 2.39. The first kappa shape index (κ1) is 18.3. The Kier molecular flexibility index (Phi) is 5.15. The van der Waals surface area contributed by atoms with Gasteiger partial charge < -0.3 is 4.55 Å². The molecule has 25 heavy (non-hydrogen) atoms. The first-order chi connectivity index (χ1) is 11.8. The van der Waals surface area contributed by atoms with Gasteiger partial charge in [0.2, 0.25) is 0 Å². The van der Waals surface area contributed by atoms with E-state index in [4.69, 9.17) is 4.55 Å². The topological polar surface area (TPSA) is 52.6 Å². The summed E-state index contributed by atoms with van der Waals surface area (Å²) in [6.07, 6.45) is 2.02. The summed E-state index contributed by atoms with van der Waals surface area (Å²) >= 11 is -2.11. The van der Waals surface area contributed by atoms with Crippen molar-refractivity contribution in [3.8, 4) is 0 Å². The van der Waals surface area contributed by atoms with Gasteiger partial charge in [-0.25, -0.2) is 14.6 Å². The zero-order valence-corrected chi connectivity index (χ0v) is 14.3. The third-order valence-electron chi connectivity index (χ3n) is 4.58. The second-order valence-corrected chi connectivity index (χ2v) is 7.28. The van der Waals surface area contributed by atoms with Crippen molar-refractivity contribution in [2.45, 2.75) is 49.0 Å². The Morgan fingerprint density at radius 3 is 2.48 bits per heavy atom. The maximum absolute atomic E-state index is 13.2. The first-order valence-electron chi connectivity index (χ1n) is 7.92. The molecule has 0 radical (unpaired) electrons. The van der Waals surface area contributed by atoms with Crippen LogP contribution in [0.15, 0.2) is 53.0 Å². The predicted molar refractivity (Wildman–Crippen MR) is 89.0 cm³/mol. The molecule has 0 spiro atoms. The molecule has 1 aliphatic carbocycles. The summed E-state index contributed by atoms with van der Waals surface area (Å²) in [6, 6.07) is 3.95. The Bertz CT molecular complexity index is 716. The second-order valence-electron chi connectivity index (χ2n) is 6.31. The van der Waals surface area contributed by atoms with E-state index in [-0.39, 0.29) is 17.4 Å². The fourth-order valence-corrected chi connectivity index (χ4v) is 3.59. The molecular weight excluding hydrogens is 353 g/mol. The molecule has 0 saturated carbocycles. The van der Waals surface area contributed by atoms with Gasteiger partial charge >= 0.3 is 6.18 Å². The van der Waals surface area contributed by atoms with E-state index in [0.29, 0.717) is 12.0 Å². The molecule has 2 aliphatic rings. The van der Waals surface area contributed by atoms with Gasteiger partial charge in [0.05, 0.1) is 10.9 Å². The van der Waals surface area contributed by atoms with Crippen LogP contribution in [0.3, 0.4) is 0 Å². The number of halogens is 3. The minimum absolute atomic E-state index is 0.0991. The number of benzene rings is 1. The quantitative estimate of drug-likeness (QED) is 0.794. The molecule has 1 fully saturated rings. The van der Waals surface area contributed by atoms with Crippen molar-refractivity contribution in [1.29, 1.82) is 0 Å². The lowest BCUT2D eigenvalue weighted by molar-refractivity contribution is -0.157. The average molecular weight is 372 g/mol. The number of nitrogens with zero attached hydrogens (tertiary/aromatic N) is 1. The number of nitrogens with one attached hydrogen (secondary N) is 1. The zero-order chi connectivity index (χ0) is 18.2. The molecule has 1 heterocycles. The molecule has 136 valence electrons. The SMILES string of the molecule is CC1=CCC(N2NC(C(F)(F)F)CC2c2ccc(S(=O)O)cc2)C=C1. The van der Waals surface area contributed by atoms with Crippen LogP contribution in [0.5, 0.6) is 0 Å². The van der Waals surface area contributed by atoms with E-state index in [1.807, 2.05) is 25.2 Å². The summed E-state index contributed by atoms with van der Waals surface area (Å²) in [5, 5.41) is 1.66. The van der Waals surface area contributed by atoms with Crippen molar-refractivity contribution in [2.24, 2.45) is 0 Å². The average Bonchev–Trinajstić information content (AvgIpc) is 3.01. The number of alkyl halides is 3. The minimum Gasteiger partial charge on any atom is -0.302 e. The van der Waals surface area contributed by atoms with Gasteiger partial charge in [0.15, 0.2) is 11.1 Å². The van der Waals surface area contributed by atoms with Gasteiger partial charge in [-0.1, -0.05) is 35.9 Å². The lowest BCUT2D eigenvalue weighted by atomic mass is 9.98. The van der Waals surface area contributed by atoms with Gasteiger partial charge in [-0.2, -0.15) is 13.2 Å². The molecule has 4 unspecified atom stereocenters. The lowest BCUT2D eigenvalue weighted by Crippen LogP contribution is -2.47. The Morgan fingerprint density at radius 2 is 1.96 bits per heavy atom. The largest absolute Gasteiger partial charge is 0.405 e. The number of hydrogen-bond donors (Lipinski definition) is 2. The van der Waals surface area contributed by atoms with Crippen LogP contribution in [-0.2, 0) is 11.1 Å². The third kappa shape index (κ3) is 4.03. The molecule has 0 amide bonds. The smallest absolute Gasteiger partial charge is 0.302 e. The monoisotopic (exact) mass is 372 g/mol. The third-order valence-corrected chi connectivity index (χ3v) is 5.26. The molecule has 0 bridgehead atoms. The Morgan fingerprint density at radius 1 is 1.28 bits per heavy atom. The van der Waals surface area contributed by atoms with E-state index in [9.17, 15) is 17.4 Å². The maximum atomic E-state index is 13.2. The van der Waals surface area contributed by atoms with Crippen LogP contribution in [0.4, 0.5) is 13.2 Å². The van der Waals surface area contributed by atoms with Crippen LogP contribution in [0.25, 0.3) is 0 Å².